The van der Waals surface area contributed by atoms with Gasteiger partial charge in [0.2, 0.25) is 0 Å². The van der Waals surface area contributed by atoms with E-state index in [2.05, 4.69) is 12.1 Å². The van der Waals surface area contributed by atoms with Gasteiger partial charge >= 0.3 is 0 Å². The first-order valence-corrected chi connectivity index (χ1v) is 5.78. The van der Waals surface area contributed by atoms with Gasteiger partial charge in [-0.3, -0.25) is 0 Å². The van der Waals surface area contributed by atoms with Crippen LogP contribution in [0.3, 0.4) is 0 Å². The van der Waals surface area contributed by atoms with Crippen molar-refractivity contribution in [1.29, 1.82) is 0 Å². The van der Waals surface area contributed by atoms with Gasteiger partial charge in [-0.2, -0.15) is 0 Å². The van der Waals surface area contributed by atoms with Crippen molar-refractivity contribution in [2.24, 2.45) is 5.73 Å². The van der Waals surface area contributed by atoms with E-state index in [9.17, 15) is 0 Å². The van der Waals surface area contributed by atoms with Gasteiger partial charge in [-0.1, -0.05) is 18.2 Å². The van der Waals surface area contributed by atoms with E-state index in [1.165, 1.54) is 11.1 Å². The number of nitrogens with two attached hydrogens (primary N) is 1. The highest BCUT2D eigenvalue weighted by molar-refractivity contribution is 5.31. The molecule has 0 unspecified atom stereocenters. The summed E-state index contributed by atoms with van der Waals surface area (Å²) in [4.78, 5) is 0. The molecule has 1 aromatic carbocycles. The molecule has 3 nitrogen and oxygen atoms in total. The molecule has 0 aliphatic heterocycles. The zero-order chi connectivity index (χ0) is 11.8. The predicted octanol–water partition coefficient (Wildman–Crippen LogP) is 2.22. The van der Waals surface area contributed by atoms with E-state index >= 15 is 0 Å². The Labute approximate surface area is 97.6 Å². The van der Waals surface area contributed by atoms with Gasteiger partial charge in [0.25, 0.3) is 0 Å². The van der Waals surface area contributed by atoms with Gasteiger partial charge in [0.05, 0.1) is 13.2 Å². The average Bonchev–Trinajstić information content (AvgIpc) is 2.34. The number of rotatable bonds is 7. The van der Waals surface area contributed by atoms with Gasteiger partial charge in [0, 0.05) is 19.8 Å². The molecule has 0 radical (unpaired) electrons. The molecule has 0 aliphatic rings. The highest BCUT2D eigenvalue weighted by Crippen LogP contribution is 2.14. The maximum absolute atomic E-state index is 5.63. The van der Waals surface area contributed by atoms with Gasteiger partial charge < -0.3 is 15.2 Å². The number of hydrogen-bond donors (Lipinski definition) is 1. The Balaban J connectivity index is 2.78. The van der Waals surface area contributed by atoms with Gasteiger partial charge in [-0.25, -0.2) is 0 Å². The summed E-state index contributed by atoms with van der Waals surface area (Å²) in [6.07, 6.45) is 0. The second-order valence-electron chi connectivity index (χ2n) is 3.58. The highest BCUT2D eigenvalue weighted by atomic mass is 16.5. The molecule has 0 saturated heterocycles. The van der Waals surface area contributed by atoms with Crippen LogP contribution in [0.5, 0.6) is 0 Å². The van der Waals surface area contributed by atoms with Crippen molar-refractivity contribution in [2.45, 2.75) is 33.6 Å². The van der Waals surface area contributed by atoms with E-state index in [1.54, 1.807) is 0 Å². The minimum atomic E-state index is 0.564. The summed E-state index contributed by atoms with van der Waals surface area (Å²) >= 11 is 0. The van der Waals surface area contributed by atoms with Crippen molar-refractivity contribution in [3.8, 4) is 0 Å². The van der Waals surface area contributed by atoms with Crippen molar-refractivity contribution in [2.75, 3.05) is 13.2 Å². The first-order valence-electron chi connectivity index (χ1n) is 5.78. The molecule has 0 saturated carbocycles. The summed E-state index contributed by atoms with van der Waals surface area (Å²) in [5, 5.41) is 0. The Hall–Kier alpha value is -0.900. The van der Waals surface area contributed by atoms with Crippen molar-refractivity contribution < 1.29 is 9.47 Å². The standard InChI is InChI=1S/C13H21NO2/c1-3-15-9-12-6-5-11(8-14)7-13(12)10-16-4-2/h5-7H,3-4,8-10,14H2,1-2H3. The van der Waals surface area contributed by atoms with Crippen LogP contribution in [-0.4, -0.2) is 13.2 Å². The second-order valence-corrected chi connectivity index (χ2v) is 3.58. The largest absolute Gasteiger partial charge is 0.377 e. The van der Waals surface area contributed by atoms with Crippen molar-refractivity contribution in [1.82, 2.24) is 0 Å². The molecule has 16 heavy (non-hydrogen) atoms. The average molecular weight is 223 g/mol. The van der Waals surface area contributed by atoms with Crippen LogP contribution in [0.2, 0.25) is 0 Å². The first kappa shape index (κ1) is 13.2. The van der Waals surface area contributed by atoms with Gasteiger partial charge in [-0.15, -0.1) is 0 Å². The quantitative estimate of drug-likeness (QED) is 0.771. The Morgan fingerprint density at radius 3 is 2.19 bits per heavy atom. The van der Waals surface area contributed by atoms with E-state index in [1.807, 2.05) is 19.9 Å². The highest BCUT2D eigenvalue weighted by Gasteiger charge is 2.04. The molecule has 1 aromatic rings. The summed E-state index contributed by atoms with van der Waals surface area (Å²) in [6.45, 7) is 7.28. The minimum Gasteiger partial charge on any atom is -0.377 e. The fourth-order valence-corrected chi connectivity index (χ4v) is 1.51. The molecule has 0 spiro atoms. The van der Waals surface area contributed by atoms with E-state index in [0.29, 0.717) is 19.8 Å². The second kappa shape index (κ2) is 7.39. The van der Waals surface area contributed by atoms with E-state index in [-0.39, 0.29) is 0 Å². The summed E-state index contributed by atoms with van der Waals surface area (Å²) in [5.74, 6) is 0. The SMILES string of the molecule is CCOCc1ccc(CN)cc1COCC. The van der Waals surface area contributed by atoms with Crippen molar-refractivity contribution in [3.63, 3.8) is 0 Å². The summed E-state index contributed by atoms with van der Waals surface area (Å²) in [6, 6.07) is 6.22. The van der Waals surface area contributed by atoms with Crippen LogP contribution < -0.4 is 5.73 Å². The summed E-state index contributed by atoms with van der Waals surface area (Å²) in [7, 11) is 0. The van der Waals surface area contributed by atoms with Crippen LogP contribution in [0.1, 0.15) is 30.5 Å². The van der Waals surface area contributed by atoms with Gasteiger partial charge in [-0.05, 0) is 30.5 Å². The molecular formula is C13H21NO2. The molecule has 0 fully saturated rings. The molecular weight excluding hydrogens is 202 g/mol. The number of hydrogen-bond acceptors (Lipinski definition) is 3. The molecule has 0 atom stereocenters. The van der Waals surface area contributed by atoms with Crippen molar-refractivity contribution in [3.05, 3.63) is 34.9 Å². The molecule has 2 N–H and O–H groups in total. The summed E-state index contributed by atoms with van der Waals surface area (Å²) in [5.41, 5.74) is 9.13. The Bertz CT molecular complexity index is 313. The predicted molar refractivity (Wildman–Crippen MR) is 65.0 cm³/mol. The lowest BCUT2D eigenvalue weighted by Crippen LogP contribution is -2.04. The molecule has 0 amide bonds. The molecule has 90 valence electrons. The maximum atomic E-state index is 5.63. The Morgan fingerprint density at radius 2 is 1.62 bits per heavy atom. The fraction of sp³-hybridized carbons (Fsp3) is 0.538. The van der Waals surface area contributed by atoms with Gasteiger partial charge in [0.15, 0.2) is 0 Å². The summed E-state index contributed by atoms with van der Waals surface area (Å²) < 4.78 is 10.9. The maximum Gasteiger partial charge on any atom is 0.0720 e. The van der Waals surface area contributed by atoms with Crippen LogP contribution in [0.4, 0.5) is 0 Å². The lowest BCUT2D eigenvalue weighted by atomic mass is 10.0. The Morgan fingerprint density at radius 1 is 1.00 bits per heavy atom. The van der Waals surface area contributed by atoms with Crippen LogP contribution in [-0.2, 0) is 29.2 Å². The molecule has 0 aromatic heterocycles. The normalized spacial score (nSPS) is 10.7. The minimum absolute atomic E-state index is 0.564. The zero-order valence-electron chi connectivity index (χ0n) is 10.2. The molecule has 0 bridgehead atoms. The van der Waals surface area contributed by atoms with Crippen LogP contribution in [0.25, 0.3) is 0 Å². The topological polar surface area (TPSA) is 44.5 Å². The zero-order valence-corrected chi connectivity index (χ0v) is 10.2. The lowest BCUT2D eigenvalue weighted by molar-refractivity contribution is 0.119. The smallest absolute Gasteiger partial charge is 0.0720 e. The number of ether oxygens (including phenoxy) is 2. The van der Waals surface area contributed by atoms with Crippen LogP contribution >= 0.6 is 0 Å². The van der Waals surface area contributed by atoms with E-state index in [0.717, 1.165) is 18.8 Å². The van der Waals surface area contributed by atoms with E-state index in [4.69, 9.17) is 15.2 Å². The monoisotopic (exact) mass is 223 g/mol. The third kappa shape index (κ3) is 3.93. The van der Waals surface area contributed by atoms with Crippen molar-refractivity contribution >= 4 is 0 Å². The molecule has 0 heterocycles. The lowest BCUT2D eigenvalue weighted by Gasteiger charge is -2.11. The molecule has 3 heteroatoms. The third-order valence-corrected chi connectivity index (χ3v) is 2.43. The van der Waals surface area contributed by atoms with Crippen LogP contribution in [0, 0.1) is 0 Å². The molecule has 1 rings (SSSR count). The van der Waals surface area contributed by atoms with E-state index < -0.39 is 0 Å². The first-order chi connectivity index (χ1) is 7.81. The van der Waals surface area contributed by atoms with Crippen LogP contribution in [0.15, 0.2) is 18.2 Å². The Kier molecular flexibility index (Phi) is 6.08. The van der Waals surface area contributed by atoms with Gasteiger partial charge in [0.1, 0.15) is 0 Å². The fourth-order valence-electron chi connectivity index (χ4n) is 1.51. The third-order valence-electron chi connectivity index (χ3n) is 2.43. The molecule has 0 aliphatic carbocycles. The number of benzene rings is 1.